The molecule has 92 valence electrons. The molecule has 0 heterocycles. The maximum absolute atomic E-state index is 11.6. The number of ether oxygens (including phenoxy) is 1. The Bertz CT molecular complexity index is 412. The maximum atomic E-state index is 11.6. The van der Waals surface area contributed by atoms with Crippen LogP contribution in [0.15, 0.2) is 24.3 Å². The summed E-state index contributed by atoms with van der Waals surface area (Å²) >= 11 is 0. The van der Waals surface area contributed by atoms with Gasteiger partial charge >= 0.3 is 5.97 Å². The molecule has 5 nitrogen and oxygen atoms in total. The van der Waals surface area contributed by atoms with Crippen molar-refractivity contribution >= 4 is 17.6 Å². The summed E-state index contributed by atoms with van der Waals surface area (Å²) in [5.74, 6) is -1.22. The highest BCUT2D eigenvalue weighted by atomic mass is 16.5. The molecule has 1 atom stereocenters. The Morgan fingerprint density at radius 2 is 1.76 bits per heavy atom. The van der Waals surface area contributed by atoms with Gasteiger partial charge in [-0.05, 0) is 31.2 Å². The van der Waals surface area contributed by atoms with E-state index < -0.39 is 18.0 Å². The molecule has 0 fully saturated rings. The molecule has 1 amide bonds. The van der Waals surface area contributed by atoms with Crippen molar-refractivity contribution in [3.8, 4) is 0 Å². The number of amides is 1. The Kier molecular flexibility index (Phi) is 4.09. The van der Waals surface area contributed by atoms with Gasteiger partial charge in [0.05, 0.1) is 5.56 Å². The van der Waals surface area contributed by atoms with Crippen LogP contribution in [0.25, 0.3) is 0 Å². The van der Waals surface area contributed by atoms with Crippen molar-refractivity contribution < 1.29 is 14.3 Å². The summed E-state index contributed by atoms with van der Waals surface area (Å²) < 4.78 is 4.87. The Labute approximate surface area is 100 Å². The van der Waals surface area contributed by atoms with Gasteiger partial charge in [0, 0.05) is 19.8 Å². The third kappa shape index (κ3) is 3.48. The molecule has 1 aromatic rings. The SMILES string of the molecule is C[C@@H](OC(=O)c1ccc(N(C)C)cc1)C(N)=O. The normalized spacial score (nSPS) is 11.7. The van der Waals surface area contributed by atoms with Gasteiger partial charge in [0.2, 0.25) is 0 Å². The van der Waals surface area contributed by atoms with E-state index in [1.54, 1.807) is 24.3 Å². The van der Waals surface area contributed by atoms with Crippen molar-refractivity contribution in [2.75, 3.05) is 19.0 Å². The fourth-order valence-corrected chi connectivity index (χ4v) is 1.18. The van der Waals surface area contributed by atoms with Gasteiger partial charge in [-0.15, -0.1) is 0 Å². The number of benzene rings is 1. The van der Waals surface area contributed by atoms with E-state index in [2.05, 4.69) is 0 Å². The van der Waals surface area contributed by atoms with Crippen LogP contribution in [0.4, 0.5) is 5.69 Å². The van der Waals surface area contributed by atoms with Crippen LogP contribution < -0.4 is 10.6 Å². The number of primary amides is 1. The second kappa shape index (κ2) is 5.34. The fourth-order valence-electron chi connectivity index (χ4n) is 1.18. The minimum absolute atomic E-state index is 0.392. The fraction of sp³-hybridized carbons (Fsp3) is 0.333. The molecule has 0 saturated heterocycles. The lowest BCUT2D eigenvalue weighted by molar-refractivity contribution is -0.125. The van der Waals surface area contributed by atoms with E-state index in [4.69, 9.17) is 10.5 Å². The maximum Gasteiger partial charge on any atom is 0.338 e. The second-order valence-corrected chi connectivity index (χ2v) is 3.89. The second-order valence-electron chi connectivity index (χ2n) is 3.89. The highest BCUT2D eigenvalue weighted by Crippen LogP contribution is 2.13. The van der Waals surface area contributed by atoms with Crippen LogP contribution >= 0.6 is 0 Å². The number of hydrogen-bond donors (Lipinski definition) is 1. The van der Waals surface area contributed by atoms with Crippen LogP contribution in [0.2, 0.25) is 0 Å². The van der Waals surface area contributed by atoms with Crippen molar-refractivity contribution in [1.29, 1.82) is 0 Å². The number of hydrogen-bond acceptors (Lipinski definition) is 4. The van der Waals surface area contributed by atoms with Crippen LogP contribution in [-0.4, -0.2) is 32.1 Å². The van der Waals surface area contributed by atoms with E-state index in [1.807, 2.05) is 19.0 Å². The van der Waals surface area contributed by atoms with Gasteiger partial charge in [-0.3, -0.25) is 4.79 Å². The molecular weight excluding hydrogens is 220 g/mol. The molecule has 17 heavy (non-hydrogen) atoms. The van der Waals surface area contributed by atoms with Crippen LogP contribution in [0, 0.1) is 0 Å². The van der Waals surface area contributed by atoms with Gasteiger partial charge in [-0.1, -0.05) is 0 Å². The summed E-state index contributed by atoms with van der Waals surface area (Å²) in [5.41, 5.74) is 6.37. The molecule has 0 aromatic heterocycles. The molecule has 0 radical (unpaired) electrons. The van der Waals surface area contributed by atoms with Gasteiger partial charge in [0.15, 0.2) is 6.10 Å². The first-order valence-corrected chi connectivity index (χ1v) is 5.19. The quantitative estimate of drug-likeness (QED) is 0.784. The van der Waals surface area contributed by atoms with Gasteiger partial charge in [0.1, 0.15) is 0 Å². The predicted octanol–water partition coefficient (Wildman–Crippen LogP) is 0.783. The van der Waals surface area contributed by atoms with E-state index in [-0.39, 0.29) is 0 Å². The van der Waals surface area contributed by atoms with Gasteiger partial charge < -0.3 is 15.4 Å². The third-order valence-electron chi connectivity index (χ3n) is 2.30. The Balaban J connectivity index is 2.73. The summed E-state index contributed by atoms with van der Waals surface area (Å²) in [7, 11) is 3.81. The number of rotatable bonds is 4. The van der Waals surface area contributed by atoms with Crippen molar-refractivity contribution in [2.45, 2.75) is 13.0 Å². The highest BCUT2D eigenvalue weighted by Gasteiger charge is 2.15. The van der Waals surface area contributed by atoms with E-state index in [0.29, 0.717) is 5.56 Å². The predicted molar refractivity (Wildman–Crippen MR) is 64.8 cm³/mol. The number of carbonyl (C=O) groups is 2. The first-order valence-electron chi connectivity index (χ1n) is 5.19. The molecule has 0 bridgehead atoms. The molecule has 0 aliphatic heterocycles. The first kappa shape index (κ1) is 13.0. The zero-order valence-corrected chi connectivity index (χ0v) is 10.1. The van der Waals surface area contributed by atoms with Gasteiger partial charge in [-0.2, -0.15) is 0 Å². The molecule has 0 unspecified atom stereocenters. The minimum Gasteiger partial charge on any atom is -0.449 e. The molecule has 1 aromatic carbocycles. The molecular formula is C12H16N2O3. The zero-order valence-electron chi connectivity index (χ0n) is 10.1. The Morgan fingerprint density at radius 1 is 1.24 bits per heavy atom. The summed E-state index contributed by atoms with van der Waals surface area (Å²) in [4.78, 5) is 24.3. The molecule has 2 N–H and O–H groups in total. The number of esters is 1. The standard InChI is InChI=1S/C12H16N2O3/c1-8(11(13)15)17-12(16)9-4-6-10(7-5-9)14(2)3/h4-8H,1-3H3,(H2,13,15)/t8-/m1/s1. The number of carbonyl (C=O) groups excluding carboxylic acids is 2. The van der Waals surface area contributed by atoms with Crippen molar-refractivity contribution in [2.24, 2.45) is 5.73 Å². The third-order valence-corrected chi connectivity index (χ3v) is 2.30. The lowest BCUT2D eigenvalue weighted by Gasteiger charge is -2.13. The average molecular weight is 236 g/mol. The molecule has 0 aliphatic rings. The van der Waals surface area contributed by atoms with Crippen LogP contribution in [0.5, 0.6) is 0 Å². The zero-order chi connectivity index (χ0) is 13.0. The molecule has 0 spiro atoms. The first-order chi connectivity index (χ1) is 7.91. The van der Waals surface area contributed by atoms with E-state index in [9.17, 15) is 9.59 Å². The van der Waals surface area contributed by atoms with E-state index in [0.717, 1.165) is 5.69 Å². The van der Waals surface area contributed by atoms with Gasteiger partial charge in [-0.25, -0.2) is 4.79 Å². The molecule has 0 aliphatic carbocycles. The van der Waals surface area contributed by atoms with Crippen LogP contribution in [0.1, 0.15) is 17.3 Å². The number of nitrogens with two attached hydrogens (primary N) is 1. The van der Waals surface area contributed by atoms with Crippen molar-refractivity contribution in [3.05, 3.63) is 29.8 Å². The van der Waals surface area contributed by atoms with Crippen LogP contribution in [0.3, 0.4) is 0 Å². The smallest absolute Gasteiger partial charge is 0.338 e. The summed E-state index contributed by atoms with van der Waals surface area (Å²) in [6, 6.07) is 6.88. The Morgan fingerprint density at radius 3 is 2.18 bits per heavy atom. The summed E-state index contributed by atoms with van der Waals surface area (Å²) in [5, 5.41) is 0. The monoisotopic (exact) mass is 236 g/mol. The lowest BCUT2D eigenvalue weighted by atomic mass is 10.2. The van der Waals surface area contributed by atoms with E-state index in [1.165, 1.54) is 6.92 Å². The lowest BCUT2D eigenvalue weighted by Crippen LogP contribution is -2.30. The number of nitrogens with zero attached hydrogens (tertiary/aromatic N) is 1. The number of anilines is 1. The average Bonchev–Trinajstić information content (AvgIpc) is 2.28. The van der Waals surface area contributed by atoms with Crippen LogP contribution in [-0.2, 0) is 9.53 Å². The van der Waals surface area contributed by atoms with Crippen molar-refractivity contribution in [3.63, 3.8) is 0 Å². The highest BCUT2D eigenvalue weighted by molar-refractivity contribution is 5.92. The van der Waals surface area contributed by atoms with Crippen molar-refractivity contribution in [1.82, 2.24) is 0 Å². The summed E-state index contributed by atoms with van der Waals surface area (Å²) in [6.07, 6.45) is -0.920. The Hall–Kier alpha value is -2.04. The summed E-state index contributed by atoms with van der Waals surface area (Å²) in [6.45, 7) is 1.44. The molecule has 5 heteroatoms. The molecule has 0 saturated carbocycles. The van der Waals surface area contributed by atoms with E-state index >= 15 is 0 Å². The minimum atomic E-state index is -0.920. The van der Waals surface area contributed by atoms with Gasteiger partial charge in [0.25, 0.3) is 5.91 Å². The topological polar surface area (TPSA) is 72.6 Å². The molecule has 1 rings (SSSR count). The largest absolute Gasteiger partial charge is 0.449 e.